The van der Waals surface area contributed by atoms with E-state index in [0.29, 0.717) is 24.9 Å². The molecule has 138 valence electrons. The van der Waals surface area contributed by atoms with Crippen LogP contribution in [0.3, 0.4) is 0 Å². The molecule has 1 saturated carbocycles. The molecule has 3 rings (SSSR count). The summed E-state index contributed by atoms with van der Waals surface area (Å²) in [6.07, 6.45) is 3.17. The highest BCUT2D eigenvalue weighted by atomic mass is 16.6. The van der Waals surface area contributed by atoms with Crippen molar-refractivity contribution in [2.24, 2.45) is 11.8 Å². The zero-order chi connectivity index (χ0) is 18.2. The summed E-state index contributed by atoms with van der Waals surface area (Å²) >= 11 is 0. The Hall–Kier alpha value is -1.55. The van der Waals surface area contributed by atoms with E-state index in [1.165, 1.54) is 17.5 Å². The maximum absolute atomic E-state index is 12.6. The molecule has 1 aromatic rings. The number of nitrogens with zero attached hydrogens (tertiary/aromatic N) is 1. The minimum Gasteiger partial charge on any atom is -0.444 e. The van der Waals surface area contributed by atoms with Crippen LogP contribution in [0, 0.1) is 18.8 Å². The molecule has 1 aromatic carbocycles. The van der Waals surface area contributed by atoms with Gasteiger partial charge in [0.15, 0.2) is 0 Å². The van der Waals surface area contributed by atoms with E-state index in [9.17, 15) is 4.79 Å². The summed E-state index contributed by atoms with van der Waals surface area (Å²) in [7, 11) is 1.83. The van der Waals surface area contributed by atoms with E-state index in [4.69, 9.17) is 9.47 Å². The molecule has 2 aliphatic rings. The van der Waals surface area contributed by atoms with Crippen LogP contribution in [0.4, 0.5) is 4.79 Å². The molecule has 1 heterocycles. The highest BCUT2D eigenvalue weighted by Crippen LogP contribution is 2.51. The van der Waals surface area contributed by atoms with E-state index in [-0.39, 0.29) is 11.7 Å². The second-order valence-corrected chi connectivity index (χ2v) is 8.58. The van der Waals surface area contributed by atoms with Crippen molar-refractivity contribution in [3.8, 4) is 0 Å². The molecule has 25 heavy (non-hydrogen) atoms. The molecule has 0 aromatic heterocycles. The van der Waals surface area contributed by atoms with E-state index in [0.717, 1.165) is 12.8 Å². The summed E-state index contributed by atoms with van der Waals surface area (Å²) in [5.41, 5.74) is 1.76. The third-order valence-corrected chi connectivity index (χ3v) is 5.66. The van der Waals surface area contributed by atoms with Crippen LogP contribution in [0.2, 0.25) is 0 Å². The van der Waals surface area contributed by atoms with Gasteiger partial charge in [-0.3, -0.25) is 0 Å². The van der Waals surface area contributed by atoms with Crippen molar-refractivity contribution in [2.75, 3.05) is 20.2 Å². The third-order valence-electron chi connectivity index (χ3n) is 5.66. The number of carbonyl (C=O) groups is 1. The number of piperidine rings is 1. The van der Waals surface area contributed by atoms with Crippen molar-refractivity contribution in [3.05, 3.63) is 35.4 Å². The Labute approximate surface area is 151 Å². The number of ether oxygens (including phenoxy) is 2. The van der Waals surface area contributed by atoms with E-state index in [1.54, 1.807) is 0 Å². The number of hydrogen-bond acceptors (Lipinski definition) is 3. The first-order valence-corrected chi connectivity index (χ1v) is 9.36. The summed E-state index contributed by atoms with van der Waals surface area (Å²) in [5, 5.41) is 0. The van der Waals surface area contributed by atoms with Gasteiger partial charge in [0.25, 0.3) is 0 Å². The van der Waals surface area contributed by atoms with Gasteiger partial charge in [-0.2, -0.15) is 0 Å². The summed E-state index contributed by atoms with van der Waals surface area (Å²) in [4.78, 5) is 14.5. The quantitative estimate of drug-likeness (QED) is 0.792. The van der Waals surface area contributed by atoms with Gasteiger partial charge in [-0.1, -0.05) is 36.2 Å². The number of likely N-dealkylation sites (tertiary alicyclic amines) is 1. The maximum atomic E-state index is 12.6. The van der Waals surface area contributed by atoms with Crippen LogP contribution in [-0.2, 0) is 15.1 Å². The monoisotopic (exact) mass is 345 g/mol. The van der Waals surface area contributed by atoms with Gasteiger partial charge in [0.1, 0.15) is 11.2 Å². The molecule has 2 unspecified atom stereocenters. The number of hydrogen-bond donors (Lipinski definition) is 0. The Morgan fingerprint density at radius 3 is 2.36 bits per heavy atom. The molecule has 2 fully saturated rings. The average Bonchev–Trinajstić information content (AvgIpc) is 2.51. The molecular weight excluding hydrogens is 314 g/mol. The highest BCUT2D eigenvalue weighted by Gasteiger charge is 2.54. The Bertz CT molecular complexity index is 620. The second-order valence-electron chi connectivity index (χ2n) is 8.58. The van der Waals surface area contributed by atoms with Gasteiger partial charge in [0.05, 0.1) is 0 Å². The Balaban J connectivity index is 1.90. The lowest BCUT2D eigenvalue weighted by Crippen LogP contribution is -2.60. The van der Waals surface area contributed by atoms with E-state index in [1.807, 2.05) is 32.8 Å². The zero-order valence-electron chi connectivity index (χ0n) is 16.2. The predicted molar refractivity (Wildman–Crippen MR) is 98.5 cm³/mol. The van der Waals surface area contributed by atoms with Crippen molar-refractivity contribution in [1.82, 2.24) is 4.90 Å². The topological polar surface area (TPSA) is 38.8 Å². The zero-order valence-corrected chi connectivity index (χ0v) is 16.2. The van der Waals surface area contributed by atoms with Crippen molar-refractivity contribution in [3.63, 3.8) is 0 Å². The van der Waals surface area contributed by atoms with Crippen LogP contribution in [0.15, 0.2) is 24.3 Å². The van der Waals surface area contributed by atoms with Crippen LogP contribution >= 0.6 is 0 Å². The van der Waals surface area contributed by atoms with Crippen LogP contribution in [-0.4, -0.2) is 36.8 Å². The first kappa shape index (κ1) is 18.2. The third kappa shape index (κ3) is 3.41. The highest BCUT2D eigenvalue weighted by molar-refractivity contribution is 5.68. The van der Waals surface area contributed by atoms with Gasteiger partial charge in [-0.15, -0.1) is 0 Å². The van der Waals surface area contributed by atoms with Crippen LogP contribution in [0.5, 0.6) is 0 Å². The van der Waals surface area contributed by atoms with Crippen LogP contribution < -0.4 is 0 Å². The molecule has 4 nitrogen and oxygen atoms in total. The molecule has 1 aliphatic carbocycles. The summed E-state index contributed by atoms with van der Waals surface area (Å²) in [6.45, 7) is 9.28. The molecule has 0 spiro atoms. The van der Waals surface area contributed by atoms with Crippen molar-refractivity contribution < 1.29 is 14.3 Å². The Morgan fingerprint density at radius 1 is 1.20 bits per heavy atom. The number of fused-ring (bicyclic) bond motifs is 2. The molecule has 1 aliphatic heterocycles. The first-order valence-electron chi connectivity index (χ1n) is 9.36. The van der Waals surface area contributed by atoms with E-state index < -0.39 is 5.60 Å². The number of benzene rings is 1. The van der Waals surface area contributed by atoms with Gasteiger partial charge in [0.2, 0.25) is 0 Å². The van der Waals surface area contributed by atoms with E-state index in [2.05, 4.69) is 31.2 Å². The first-order chi connectivity index (χ1) is 11.8. The van der Waals surface area contributed by atoms with Crippen molar-refractivity contribution in [2.45, 2.75) is 58.2 Å². The number of carbonyl (C=O) groups excluding carboxylic acids is 1. The molecule has 4 heteroatoms. The number of rotatable bonds is 2. The fourth-order valence-electron chi connectivity index (χ4n) is 4.72. The van der Waals surface area contributed by atoms with Crippen molar-refractivity contribution >= 4 is 6.09 Å². The largest absolute Gasteiger partial charge is 0.444 e. The van der Waals surface area contributed by atoms with Gasteiger partial charge < -0.3 is 14.4 Å². The van der Waals surface area contributed by atoms with Gasteiger partial charge in [0, 0.05) is 32.0 Å². The SMILES string of the molecule is COC1(c2cccc(C)c2)C2CCCC1CN(C(=O)OC(C)(C)C)C2. The fourth-order valence-corrected chi connectivity index (χ4v) is 4.72. The lowest BCUT2D eigenvalue weighted by molar-refractivity contribution is -0.166. The standard InChI is InChI=1S/C21H31NO3/c1-15-8-6-9-16(12-15)21(24-5)17-10-7-11-18(21)14-22(13-17)19(23)25-20(2,3)4/h6,8-9,12,17-18H,7,10-11,13-14H2,1-5H3. The number of aryl methyl sites for hydroxylation is 1. The van der Waals surface area contributed by atoms with Gasteiger partial charge in [-0.25, -0.2) is 4.79 Å². The molecule has 2 bridgehead atoms. The smallest absolute Gasteiger partial charge is 0.410 e. The summed E-state index contributed by atoms with van der Waals surface area (Å²) in [5.74, 6) is 0.610. The number of methoxy groups -OCH3 is 1. The molecule has 2 atom stereocenters. The van der Waals surface area contributed by atoms with E-state index >= 15 is 0 Å². The molecule has 1 amide bonds. The van der Waals surface area contributed by atoms with Gasteiger partial charge in [-0.05, 0) is 46.1 Å². The summed E-state index contributed by atoms with van der Waals surface area (Å²) in [6, 6.07) is 8.67. The van der Waals surface area contributed by atoms with Crippen molar-refractivity contribution in [1.29, 1.82) is 0 Å². The van der Waals surface area contributed by atoms with Crippen LogP contribution in [0.1, 0.15) is 51.2 Å². The number of amides is 1. The lowest BCUT2D eigenvalue weighted by atomic mass is 9.62. The molecule has 0 radical (unpaired) electrons. The average molecular weight is 345 g/mol. The Morgan fingerprint density at radius 2 is 1.84 bits per heavy atom. The van der Waals surface area contributed by atoms with Crippen LogP contribution in [0.25, 0.3) is 0 Å². The maximum Gasteiger partial charge on any atom is 0.410 e. The normalized spacial score (nSPS) is 29.4. The fraction of sp³-hybridized carbons (Fsp3) is 0.667. The minimum absolute atomic E-state index is 0.196. The van der Waals surface area contributed by atoms with Gasteiger partial charge >= 0.3 is 6.09 Å². The summed E-state index contributed by atoms with van der Waals surface area (Å²) < 4.78 is 11.9. The second kappa shape index (κ2) is 6.64. The Kier molecular flexibility index (Phi) is 4.84. The molecule has 0 N–H and O–H groups in total. The minimum atomic E-state index is -0.460. The molecule has 1 saturated heterocycles. The lowest BCUT2D eigenvalue weighted by Gasteiger charge is -2.55. The molecular formula is C21H31NO3. The predicted octanol–water partition coefficient (Wildman–Crippen LogP) is 4.50.